The summed E-state index contributed by atoms with van der Waals surface area (Å²) in [5, 5.41) is 7.44. The van der Waals surface area contributed by atoms with Gasteiger partial charge in [-0.3, -0.25) is 0 Å². The fraction of sp³-hybridized carbons (Fsp3) is 0.200. The van der Waals surface area contributed by atoms with Crippen LogP contribution in [0, 0.1) is 13.8 Å². The Bertz CT molecular complexity index is 420. The summed E-state index contributed by atoms with van der Waals surface area (Å²) in [6, 6.07) is 8.05. The van der Waals surface area contributed by atoms with E-state index in [0.717, 1.165) is 17.0 Å². The molecule has 0 aliphatic heterocycles. The molecule has 0 aliphatic rings. The van der Waals surface area contributed by atoms with Crippen molar-refractivity contribution in [3.05, 3.63) is 35.6 Å². The van der Waals surface area contributed by atoms with E-state index in [9.17, 15) is 0 Å². The van der Waals surface area contributed by atoms with E-state index in [1.165, 1.54) is 5.56 Å². The van der Waals surface area contributed by atoms with E-state index in [0.29, 0.717) is 0 Å². The minimum absolute atomic E-state index is 0.759. The lowest BCUT2D eigenvalue weighted by atomic mass is 10.1. The highest BCUT2D eigenvalue weighted by Gasteiger charge is 2.09. The van der Waals surface area contributed by atoms with E-state index in [1.54, 1.807) is 0 Å². The fourth-order valence-electron chi connectivity index (χ4n) is 1.32. The number of nitrogens with zero attached hydrogens (tertiary/aromatic N) is 2. The van der Waals surface area contributed by atoms with Crippen molar-refractivity contribution >= 4 is 0 Å². The summed E-state index contributed by atoms with van der Waals surface area (Å²) in [4.78, 5) is 0. The highest BCUT2D eigenvalue weighted by Crippen LogP contribution is 2.23. The SMILES string of the molecule is Cc1ccccc1-c1nnoc1C. The average molecular weight is 174 g/mol. The Morgan fingerprint density at radius 1 is 1.15 bits per heavy atom. The van der Waals surface area contributed by atoms with Crippen molar-refractivity contribution in [3.8, 4) is 11.3 Å². The van der Waals surface area contributed by atoms with Crippen molar-refractivity contribution in [2.45, 2.75) is 13.8 Å². The zero-order valence-electron chi connectivity index (χ0n) is 7.61. The molecule has 2 aromatic rings. The molecule has 66 valence electrons. The van der Waals surface area contributed by atoms with Crippen molar-refractivity contribution in [2.75, 3.05) is 0 Å². The standard InChI is InChI=1S/C10H10N2O/c1-7-5-3-4-6-9(7)10-8(2)13-12-11-10/h3-6H,1-2H3. The molecule has 0 saturated heterocycles. The molecular weight excluding hydrogens is 164 g/mol. The van der Waals surface area contributed by atoms with E-state index in [2.05, 4.69) is 10.4 Å². The van der Waals surface area contributed by atoms with Crippen LogP contribution < -0.4 is 0 Å². The second-order valence-corrected chi connectivity index (χ2v) is 2.99. The predicted octanol–water partition coefficient (Wildman–Crippen LogP) is 2.35. The summed E-state index contributed by atoms with van der Waals surface area (Å²) >= 11 is 0. The van der Waals surface area contributed by atoms with Crippen LogP contribution in [0.15, 0.2) is 28.8 Å². The van der Waals surface area contributed by atoms with E-state index in [4.69, 9.17) is 4.52 Å². The molecular formula is C10H10N2O. The van der Waals surface area contributed by atoms with Gasteiger partial charge in [-0.15, -0.1) is 5.10 Å². The molecule has 0 saturated carbocycles. The third-order valence-corrected chi connectivity index (χ3v) is 2.05. The molecule has 0 atom stereocenters. The average Bonchev–Trinajstić information content (AvgIpc) is 2.52. The Morgan fingerprint density at radius 2 is 1.92 bits per heavy atom. The van der Waals surface area contributed by atoms with Gasteiger partial charge < -0.3 is 4.52 Å². The van der Waals surface area contributed by atoms with Gasteiger partial charge in [0.2, 0.25) is 0 Å². The fourth-order valence-corrected chi connectivity index (χ4v) is 1.32. The van der Waals surface area contributed by atoms with E-state index >= 15 is 0 Å². The third-order valence-electron chi connectivity index (χ3n) is 2.05. The minimum Gasteiger partial charge on any atom is -0.342 e. The van der Waals surface area contributed by atoms with Gasteiger partial charge in [-0.1, -0.05) is 24.3 Å². The first kappa shape index (κ1) is 7.98. The van der Waals surface area contributed by atoms with E-state index in [-0.39, 0.29) is 0 Å². The Hall–Kier alpha value is -1.64. The number of benzene rings is 1. The third kappa shape index (κ3) is 1.33. The van der Waals surface area contributed by atoms with Crippen LogP contribution in [0.5, 0.6) is 0 Å². The molecule has 0 bridgehead atoms. The van der Waals surface area contributed by atoms with Crippen LogP contribution >= 0.6 is 0 Å². The van der Waals surface area contributed by atoms with Gasteiger partial charge in [0.25, 0.3) is 0 Å². The van der Waals surface area contributed by atoms with Gasteiger partial charge in [0.05, 0.1) is 0 Å². The summed E-state index contributed by atoms with van der Waals surface area (Å²) in [5.74, 6) is 0.759. The van der Waals surface area contributed by atoms with Crippen LogP contribution in [0.4, 0.5) is 0 Å². The summed E-state index contributed by atoms with van der Waals surface area (Å²) in [6.45, 7) is 3.91. The summed E-state index contributed by atoms with van der Waals surface area (Å²) < 4.78 is 4.91. The van der Waals surface area contributed by atoms with Gasteiger partial charge in [-0.05, 0) is 19.4 Å². The van der Waals surface area contributed by atoms with Crippen molar-refractivity contribution < 1.29 is 4.52 Å². The molecule has 0 aliphatic carbocycles. The second kappa shape index (κ2) is 3.01. The molecule has 13 heavy (non-hydrogen) atoms. The number of hydrogen-bond donors (Lipinski definition) is 0. The van der Waals surface area contributed by atoms with Crippen molar-refractivity contribution in [1.82, 2.24) is 10.4 Å². The lowest BCUT2D eigenvalue weighted by Crippen LogP contribution is -1.84. The van der Waals surface area contributed by atoms with Gasteiger partial charge in [0.15, 0.2) is 5.76 Å². The molecule has 3 heteroatoms. The minimum atomic E-state index is 0.759. The van der Waals surface area contributed by atoms with E-state index < -0.39 is 0 Å². The summed E-state index contributed by atoms with van der Waals surface area (Å²) in [6.07, 6.45) is 0. The van der Waals surface area contributed by atoms with Crippen LogP contribution in [0.2, 0.25) is 0 Å². The van der Waals surface area contributed by atoms with Crippen LogP contribution in [0.25, 0.3) is 11.3 Å². The first-order valence-corrected chi connectivity index (χ1v) is 4.14. The van der Waals surface area contributed by atoms with Crippen molar-refractivity contribution in [3.63, 3.8) is 0 Å². The lowest BCUT2D eigenvalue weighted by Gasteiger charge is -1.99. The molecule has 0 radical (unpaired) electrons. The van der Waals surface area contributed by atoms with Crippen LogP contribution in [0.3, 0.4) is 0 Å². The maximum absolute atomic E-state index is 4.91. The van der Waals surface area contributed by atoms with Gasteiger partial charge >= 0.3 is 0 Å². The predicted molar refractivity (Wildman–Crippen MR) is 49.2 cm³/mol. The number of aromatic nitrogens is 2. The Labute approximate surface area is 76.4 Å². The quantitative estimate of drug-likeness (QED) is 0.666. The molecule has 0 spiro atoms. The van der Waals surface area contributed by atoms with Crippen LogP contribution in [0.1, 0.15) is 11.3 Å². The Kier molecular flexibility index (Phi) is 1.85. The molecule has 1 aromatic heterocycles. The topological polar surface area (TPSA) is 38.9 Å². The molecule has 0 N–H and O–H groups in total. The summed E-state index contributed by atoms with van der Waals surface area (Å²) in [7, 11) is 0. The lowest BCUT2D eigenvalue weighted by molar-refractivity contribution is 0.374. The van der Waals surface area contributed by atoms with Crippen molar-refractivity contribution in [2.24, 2.45) is 0 Å². The molecule has 2 rings (SSSR count). The van der Waals surface area contributed by atoms with Crippen molar-refractivity contribution in [1.29, 1.82) is 0 Å². The maximum Gasteiger partial charge on any atom is 0.162 e. The Morgan fingerprint density at radius 3 is 2.54 bits per heavy atom. The second-order valence-electron chi connectivity index (χ2n) is 2.99. The highest BCUT2D eigenvalue weighted by atomic mass is 16.5. The van der Waals surface area contributed by atoms with Crippen LogP contribution in [-0.4, -0.2) is 10.4 Å². The Balaban J connectivity index is 2.59. The molecule has 0 amide bonds. The van der Waals surface area contributed by atoms with Gasteiger partial charge in [0, 0.05) is 10.8 Å². The van der Waals surface area contributed by atoms with Gasteiger partial charge in [-0.25, -0.2) is 0 Å². The number of hydrogen-bond acceptors (Lipinski definition) is 3. The van der Waals surface area contributed by atoms with Gasteiger partial charge in [-0.2, -0.15) is 0 Å². The number of aryl methyl sites for hydroxylation is 2. The molecule has 1 heterocycles. The first-order chi connectivity index (χ1) is 6.29. The zero-order chi connectivity index (χ0) is 9.26. The van der Waals surface area contributed by atoms with Crippen LogP contribution in [-0.2, 0) is 0 Å². The summed E-state index contributed by atoms with van der Waals surface area (Å²) in [5.41, 5.74) is 3.10. The van der Waals surface area contributed by atoms with Gasteiger partial charge in [0.1, 0.15) is 5.69 Å². The molecule has 1 aromatic carbocycles. The first-order valence-electron chi connectivity index (χ1n) is 4.14. The zero-order valence-corrected chi connectivity index (χ0v) is 7.61. The maximum atomic E-state index is 4.91. The molecule has 0 unspecified atom stereocenters. The monoisotopic (exact) mass is 174 g/mol. The molecule has 3 nitrogen and oxygen atoms in total. The van der Waals surface area contributed by atoms with E-state index in [1.807, 2.05) is 38.1 Å². The normalized spacial score (nSPS) is 10.3. The number of rotatable bonds is 1. The molecule has 0 fully saturated rings. The highest BCUT2D eigenvalue weighted by molar-refractivity contribution is 5.64. The smallest absolute Gasteiger partial charge is 0.162 e. The largest absolute Gasteiger partial charge is 0.342 e.